The van der Waals surface area contributed by atoms with E-state index in [2.05, 4.69) is 36.4 Å². The summed E-state index contributed by atoms with van der Waals surface area (Å²) in [4.78, 5) is 15.6. The van der Waals surface area contributed by atoms with Gasteiger partial charge in [-0.05, 0) is 44.6 Å². The van der Waals surface area contributed by atoms with Gasteiger partial charge in [-0.3, -0.25) is 4.68 Å². The molecule has 3 rings (SSSR count). The van der Waals surface area contributed by atoms with Crippen LogP contribution in [-0.4, -0.2) is 39.4 Å². The van der Waals surface area contributed by atoms with Gasteiger partial charge < -0.3 is 15.0 Å². The van der Waals surface area contributed by atoms with Crippen LogP contribution in [0, 0.1) is 6.92 Å². The first-order valence-corrected chi connectivity index (χ1v) is 11.5. The van der Waals surface area contributed by atoms with Crippen LogP contribution in [0.1, 0.15) is 45.9 Å². The van der Waals surface area contributed by atoms with Crippen molar-refractivity contribution >= 4 is 39.6 Å². The minimum atomic E-state index is -0.342. The lowest BCUT2D eigenvalue weighted by Gasteiger charge is -2.20. The average molecular weight is 457 g/mol. The van der Waals surface area contributed by atoms with Crippen molar-refractivity contribution in [3.8, 4) is 0 Å². The maximum absolute atomic E-state index is 12.5. The molecule has 8 heteroatoms. The Kier molecular flexibility index (Phi) is 7.81. The minimum Gasteiger partial charge on any atom is -0.462 e. The van der Waals surface area contributed by atoms with Gasteiger partial charge in [0.25, 0.3) is 0 Å². The maximum Gasteiger partial charge on any atom is 0.341 e. The van der Waals surface area contributed by atoms with E-state index in [4.69, 9.17) is 17.0 Å². The molecular weight excluding hydrogens is 428 g/mol. The van der Waals surface area contributed by atoms with E-state index in [1.54, 1.807) is 6.92 Å². The first-order chi connectivity index (χ1) is 14.9. The highest BCUT2D eigenvalue weighted by atomic mass is 32.1. The van der Waals surface area contributed by atoms with Crippen molar-refractivity contribution < 1.29 is 9.53 Å². The van der Waals surface area contributed by atoms with Gasteiger partial charge in [-0.25, -0.2) is 4.79 Å². The molecule has 1 N–H and O–H groups in total. The number of esters is 1. The van der Waals surface area contributed by atoms with Crippen LogP contribution < -0.4 is 5.32 Å². The number of hydrogen-bond acceptors (Lipinski definition) is 5. The minimum absolute atomic E-state index is 0.327. The van der Waals surface area contributed by atoms with E-state index in [-0.39, 0.29) is 5.97 Å². The Balaban J connectivity index is 1.76. The summed E-state index contributed by atoms with van der Waals surface area (Å²) in [5.41, 5.74) is 3.96. The van der Waals surface area contributed by atoms with E-state index < -0.39 is 0 Å². The predicted octanol–water partition coefficient (Wildman–Crippen LogP) is 4.87. The highest BCUT2D eigenvalue weighted by Crippen LogP contribution is 2.31. The normalized spacial score (nSPS) is 10.7. The molecule has 0 aliphatic rings. The summed E-state index contributed by atoms with van der Waals surface area (Å²) in [7, 11) is 1.93. The largest absolute Gasteiger partial charge is 0.462 e. The molecule has 0 atom stereocenters. The zero-order valence-electron chi connectivity index (χ0n) is 18.3. The summed E-state index contributed by atoms with van der Waals surface area (Å²) < 4.78 is 7.23. The van der Waals surface area contributed by atoms with Crippen LogP contribution >= 0.6 is 23.6 Å². The molecule has 0 radical (unpaired) electrons. The fourth-order valence-corrected chi connectivity index (χ4v) is 4.57. The Morgan fingerprint density at radius 1 is 1.29 bits per heavy atom. The van der Waals surface area contributed by atoms with Crippen LogP contribution in [0.4, 0.5) is 5.00 Å². The third-order valence-corrected chi connectivity index (χ3v) is 6.44. The maximum atomic E-state index is 12.5. The summed E-state index contributed by atoms with van der Waals surface area (Å²) in [5.74, 6) is -0.342. The topological polar surface area (TPSA) is 59.4 Å². The van der Waals surface area contributed by atoms with Crippen molar-refractivity contribution in [3.05, 3.63) is 69.9 Å². The molecule has 0 saturated carbocycles. The van der Waals surface area contributed by atoms with Crippen molar-refractivity contribution in [1.29, 1.82) is 0 Å². The van der Waals surface area contributed by atoms with Crippen LogP contribution in [0.15, 0.2) is 42.6 Å². The van der Waals surface area contributed by atoms with Crippen LogP contribution in [0.25, 0.3) is 0 Å². The van der Waals surface area contributed by atoms with Crippen molar-refractivity contribution in [1.82, 2.24) is 14.7 Å². The van der Waals surface area contributed by atoms with Gasteiger partial charge in [0.15, 0.2) is 5.11 Å². The van der Waals surface area contributed by atoms with Crippen molar-refractivity contribution in [3.63, 3.8) is 0 Å². The van der Waals surface area contributed by atoms with Gasteiger partial charge in [-0.15, -0.1) is 11.3 Å². The zero-order valence-corrected chi connectivity index (χ0v) is 20.0. The molecule has 0 amide bonds. The molecule has 0 spiro atoms. The second-order valence-corrected chi connectivity index (χ2v) is 8.72. The second-order valence-electron chi connectivity index (χ2n) is 7.20. The lowest BCUT2D eigenvalue weighted by Crippen LogP contribution is -2.31. The number of anilines is 1. The number of carbonyl (C=O) groups is 1. The number of nitrogens with zero attached hydrogens (tertiary/aromatic N) is 3. The number of thiocarbonyl (C=S) groups is 1. The highest BCUT2D eigenvalue weighted by molar-refractivity contribution is 7.80. The third kappa shape index (κ3) is 5.71. The van der Waals surface area contributed by atoms with Crippen molar-refractivity contribution in [2.24, 2.45) is 0 Å². The van der Waals surface area contributed by atoms with Crippen LogP contribution in [-0.2, 0) is 24.2 Å². The smallest absolute Gasteiger partial charge is 0.341 e. The molecule has 31 heavy (non-hydrogen) atoms. The Labute approximate surface area is 192 Å². The number of hydrogen-bond donors (Lipinski definition) is 1. The molecule has 0 unspecified atom stereocenters. The number of rotatable bonds is 8. The molecule has 2 aromatic heterocycles. The van der Waals surface area contributed by atoms with Crippen LogP contribution in [0.2, 0.25) is 0 Å². The monoisotopic (exact) mass is 456 g/mol. The molecule has 6 nitrogen and oxygen atoms in total. The van der Waals surface area contributed by atoms with Crippen molar-refractivity contribution in [2.45, 2.75) is 40.3 Å². The lowest BCUT2D eigenvalue weighted by molar-refractivity contribution is 0.0528. The van der Waals surface area contributed by atoms with E-state index in [0.29, 0.717) is 28.8 Å². The Bertz CT molecular complexity index is 1040. The summed E-state index contributed by atoms with van der Waals surface area (Å²) in [6.07, 6.45) is 2.63. The standard InChI is InChI=1S/C23H28N4O2S2/c1-5-27-16(3)18(14-24-27)15-26(4)23(30)25-21-20(22(28)29-6-2)13-19(31-21)12-17-10-8-7-9-11-17/h7-11,13-14H,5-6,12,15H2,1-4H3,(H,25,30). The van der Waals surface area contributed by atoms with Gasteiger partial charge in [0.2, 0.25) is 0 Å². The number of ether oxygens (including phenoxy) is 1. The predicted molar refractivity (Wildman–Crippen MR) is 130 cm³/mol. The highest BCUT2D eigenvalue weighted by Gasteiger charge is 2.20. The Morgan fingerprint density at radius 3 is 2.68 bits per heavy atom. The quantitative estimate of drug-likeness (QED) is 0.386. The molecule has 0 fully saturated rings. The molecule has 0 aliphatic carbocycles. The SMILES string of the molecule is CCOC(=O)c1cc(Cc2ccccc2)sc1NC(=S)N(C)Cc1cnn(CC)c1C. The van der Waals surface area contributed by atoms with E-state index in [9.17, 15) is 4.79 Å². The van der Waals surface area contributed by atoms with Crippen LogP contribution in [0.5, 0.6) is 0 Å². The van der Waals surface area contributed by atoms with Gasteiger partial charge in [0.05, 0.1) is 18.4 Å². The molecule has 0 aliphatic heterocycles. The van der Waals surface area contributed by atoms with Crippen molar-refractivity contribution in [2.75, 3.05) is 19.0 Å². The molecule has 1 aromatic carbocycles. The van der Waals surface area contributed by atoms with E-state index in [1.807, 2.05) is 47.1 Å². The zero-order chi connectivity index (χ0) is 22.4. The molecular formula is C23H28N4O2S2. The summed E-state index contributed by atoms with van der Waals surface area (Å²) in [5, 5.41) is 8.92. The summed E-state index contributed by atoms with van der Waals surface area (Å²) in [6, 6.07) is 12.1. The average Bonchev–Trinajstić information content (AvgIpc) is 3.32. The van der Waals surface area contributed by atoms with Gasteiger partial charge in [0.1, 0.15) is 5.00 Å². The third-order valence-electron chi connectivity index (χ3n) is 4.98. The van der Waals surface area contributed by atoms with Gasteiger partial charge in [-0.2, -0.15) is 5.10 Å². The van der Waals surface area contributed by atoms with E-state index in [0.717, 1.165) is 29.1 Å². The Hall–Kier alpha value is -2.71. The first kappa shape index (κ1) is 23.0. The summed E-state index contributed by atoms with van der Waals surface area (Å²) >= 11 is 7.16. The summed E-state index contributed by atoms with van der Waals surface area (Å²) in [6.45, 7) is 7.73. The Morgan fingerprint density at radius 2 is 2.03 bits per heavy atom. The van der Waals surface area contributed by atoms with Gasteiger partial charge in [0, 0.05) is 42.7 Å². The fraction of sp³-hybridized carbons (Fsp3) is 0.348. The molecule has 164 valence electrons. The molecule has 3 aromatic rings. The lowest BCUT2D eigenvalue weighted by atomic mass is 10.1. The number of carbonyl (C=O) groups excluding carboxylic acids is 1. The van der Waals surface area contributed by atoms with E-state index >= 15 is 0 Å². The first-order valence-electron chi connectivity index (χ1n) is 10.3. The van der Waals surface area contributed by atoms with E-state index in [1.165, 1.54) is 16.9 Å². The number of benzene rings is 1. The fourth-order valence-electron chi connectivity index (χ4n) is 3.26. The van der Waals surface area contributed by atoms with Gasteiger partial charge >= 0.3 is 5.97 Å². The second kappa shape index (κ2) is 10.5. The number of thiophene rings is 1. The molecule has 0 saturated heterocycles. The number of aryl methyl sites for hydroxylation is 1. The molecule has 2 heterocycles. The van der Waals surface area contributed by atoms with Crippen LogP contribution in [0.3, 0.4) is 0 Å². The number of aromatic nitrogens is 2. The van der Waals surface area contributed by atoms with Gasteiger partial charge in [-0.1, -0.05) is 30.3 Å². The molecule has 0 bridgehead atoms. The number of nitrogens with one attached hydrogen (secondary N) is 1.